The van der Waals surface area contributed by atoms with Crippen LogP contribution in [0, 0.1) is 0 Å². The molecule has 4 nitrogen and oxygen atoms in total. The van der Waals surface area contributed by atoms with Gasteiger partial charge in [-0.1, -0.05) is 18.2 Å². The molecule has 1 amide bonds. The normalized spacial score (nSPS) is 14.7. The van der Waals surface area contributed by atoms with Gasteiger partial charge in [-0.3, -0.25) is 4.79 Å². The van der Waals surface area contributed by atoms with Crippen LogP contribution in [0.1, 0.15) is 15.9 Å². The highest BCUT2D eigenvalue weighted by Crippen LogP contribution is 2.17. The molecule has 1 N–H and O–H groups in total. The molecule has 1 heterocycles. The molecule has 0 spiro atoms. The van der Waals surface area contributed by atoms with Crippen LogP contribution in [0.2, 0.25) is 0 Å². The zero-order valence-electron chi connectivity index (χ0n) is 10.8. The molecular weight excluding hydrogens is 228 g/mol. The zero-order valence-corrected chi connectivity index (χ0v) is 10.8. The molecule has 0 aliphatic carbocycles. The molecule has 0 unspecified atom stereocenters. The summed E-state index contributed by atoms with van der Waals surface area (Å²) < 4.78 is 4.96. The average Bonchev–Trinajstić information content (AvgIpc) is 2.41. The van der Waals surface area contributed by atoms with E-state index < -0.39 is 0 Å². The van der Waals surface area contributed by atoms with Crippen molar-refractivity contribution >= 4 is 5.91 Å². The largest absolute Gasteiger partial charge is 0.383 e. The van der Waals surface area contributed by atoms with Crippen molar-refractivity contribution < 1.29 is 9.53 Å². The number of amides is 1. The Kier molecular flexibility index (Phi) is 4.73. The van der Waals surface area contributed by atoms with Crippen molar-refractivity contribution in [2.24, 2.45) is 0 Å². The van der Waals surface area contributed by atoms with Crippen LogP contribution >= 0.6 is 0 Å². The number of hydrogen-bond acceptors (Lipinski definition) is 3. The molecule has 1 aromatic rings. The number of nitrogens with one attached hydrogen (secondary N) is 1. The first-order chi connectivity index (χ1) is 8.83. The van der Waals surface area contributed by atoms with Gasteiger partial charge >= 0.3 is 0 Å². The standard InChI is InChI=1S/C14H20N2O2/c1-18-11-8-15-7-10-16-9-6-12-4-2-3-5-13(12)14(16)17/h2-5,15H,6-11H2,1H3. The summed E-state index contributed by atoms with van der Waals surface area (Å²) in [6.45, 7) is 3.93. The van der Waals surface area contributed by atoms with Crippen LogP contribution < -0.4 is 5.32 Å². The fourth-order valence-electron chi connectivity index (χ4n) is 2.20. The molecule has 1 aromatic carbocycles. The smallest absolute Gasteiger partial charge is 0.254 e. The minimum absolute atomic E-state index is 0.158. The number of hydrogen-bond donors (Lipinski definition) is 1. The number of fused-ring (bicyclic) bond motifs is 1. The van der Waals surface area contributed by atoms with E-state index in [4.69, 9.17) is 4.74 Å². The Morgan fingerprint density at radius 3 is 3.00 bits per heavy atom. The SMILES string of the molecule is COCCNCCN1CCc2ccccc2C1=O. The summed E-state index contributed by atoms with van der Waals surface area (Å²) in [5.41, 5.74) is 2.03. The molecule has 0 radical (unpaired) electrons. The highest BCUT2D eigenvalue weighted by Gasteiger charge is 2.22. The van der Waals surface area contributed by atoms with Crippen molar-refractivity contribution in [3.05, 3.63) is 35.4 Å². The Labute approximate surface area is 108 Å². The van der Waals surface area contributed by atoms with Gasteiger partial charge in [0.25, 0.3) is 5.91 Å². The monoisotopic (exact) mass is 248 g/mol. The molecule has 4 heteroatoms. The number of nitrogens with zero attached hydrogens (tertiary/aromatic N) is 1. The molecule has 0 aromatic heterocycles. The average molecular weight is 248 g/mol. The summed E-state index contributed by atoms with van der Waals surface area (Å²) in [7, 11) is 1.69. The minimum atomic E-state index is 0.158. The van der Waals surface area contributed by atoms with Crippen LogP contribution in [0.15, 0.2) is 24.3 Å². The first-order valence-corrected chi connectivity index (χ1v) is 6.40. The number of carbonyl (C=O) groups excluding carboxylic acids is 1. The summed E-state index contributed by atoms with van der Waals surface area (Å²) >= 11 is 0. The Morgan fingerprint density at radius 1 is 1.33 bits per heavy atom. The number of rotatable bonds is 6. The summed E-state index contributed by atoms with van der Waals surface area (Å²) in [6.07, 6.45) is 0.958. The fourth-order valence-corrected chi connectivity index (χ4v) is 2.20. The van der Waals surface area contributed by atoms with Crippen molar-refractivity contribution in [3.63, 3.8) is 0 Å². The summed E-state index contributed by atoms with van der Waals surface area (Å²) in [5, 5.41) is 3.26. The van der Waals surface area contributed by atoms with Gasteiger partial charge in [-0.05, 0) is 18.1 Å². The maximum Gasteiger partial charge on any atom is 0.254 e. The zero-order chi connectivity index (χ0) is 12.8. The van der Waals surface area contributed by atoms with Gasteiger partial charge in [0, 0.05) is 38.9 Å². The molecule has 0 bridgehead atoms. The highest BCUT2D eigenvalue weighted by atomic mass is 16.5. The second-order valence-corrected chi connectivity index (χ2v) is 4.44. The molecule has 1 aliphatic heterocycles. The molecule has 18 heavy (non-hydrogen) atoms. The van der Waals surface area contributed by atoms with Crippen LogP contribution in [0.4, 0.5) is 0 Å². The van der Waals surface area contributed by atoms with Gasteiger partial charge in [-0.15, -0.1) is 0 Å². The molecule has 98 valence electrons. The van der Waals surface area contributed by atoms with E-state index in [1.54, 1.807) is 7.11 Å². The van der Waals surface area contributed by atoms with Crippen LogP contribution in [-0.2, 0) is 11.2 Å². The van der Waals surface area contributed by atoms with Gasteiger partial charge in [0.05, 0.1) is 6.61 Å². The van der Waals surface area contributed by atoms with Crippen molar-refractivity contribution in [1.82, 2.24) is 10.2 Å². The van der Waals surface area contributed by atoms with Crippen molar-refractivity contribution in [2.75, 3.05) is 39.9 Å². The summed E-state index contributed by atoms with van der Waals surface area (Å²) in [4.78, 5) is 14.1. The third-order valence-electron chi connectivity index (χ3n) is 3.23. The van der Waals surface area contributed by atoms with Crippen molar-refractivity contribution in [2.45, 2.75) is 6.42 Å². The molecule has 0 fully saturated rings. The first kappa shape index (κ1) is 13.1. The third kappa shape index (κ3) is 3.09. The molecule has 1 aliphatic rings. The number of carbonyl (C=O) groups is 1. The van der Waals surface area contributed by atoms with E-state index in [9.17, 15) is 4.79 Å². The first-order valence-electron chi connectivity index (χ1n) is 6.40. The van der Waals surface area contributed by atoms with Crippen LogP contribution in [0.5, 0.6) is 0 Å². The Hall–Kier alpha value is -1.39. The Bertz CT molecular complexity index is 407. The lowest BCUT2D eigenvalue weighted by molar-refractivity contribution is 0.0740. The second-order valence-electron chi connectivity index (χ2n) is 4.44. The molecule has 0 saturated carbocycles. The van der Waals surface area contributed by atoms with E-state index in [1.807, 2.05) is 29.2 Å². The molecular formula is C14H20N2O2. The quantitative estimate of drug-likeness (QED) is 0.761. The van der Waals surface area contributed by atoms with Gasteiger partial charge in [0.1, 0.15) is 0 Å². The van der Waals surface area contributed by atoms with Crippen LogP contribution in [-0.4, -0.2) is 50.7 Å². The van der Waals surface area contributed by atoms with E-state index in [1.165, 1.54) is 5.56 Å². The Balaban J connectivity index is 1.84. The summed E-state index contributed by atoms with van der Waals surface area (Å²) in [6, 6.07) is 7.88. The van der Waals surface area contributed by atoms with Gasteiger partial charge in [-0.25, -0.2) is 0 Å². The van der Waals surface area contributed by atoms with E-state index in [0.29, 0.717) is 6.61 Å². The maximum atomic E-state index is 12.2. The topological polar surface area (TPSA) is 41.6 Å². The molecule has 0 atom stereocenters. The van der Waals surface area contributed by atoms with Gasteiger partial charge in [0.15, 0.2) is 0 Å². The Morgan fingerprint density at radius 2 is 2.17 bits per heavy atom. The lowest BCUT2D eigenvalue weighted by Crippen LogP contribution is -2.41. The van der Waals surface area contributed by atoms with Gasteiger partial charge in [0.2, 0.25) is 0 Å². The predicted molar refractivity (Wildman–Crippen MR) is 70.8 cm³/mol. The van der Waals surface area contributed by atoms with Gasteiger partial charge < -0.3 is 15.0 Å². The highest BCUT2D eigenvalue weighted by molar-refractivity contribution is 5.96. The van der Waals surface area contributed by atoms with Crippen LogP contribution in [0.25, 0.3) is 0 Å². The maximum absolute atomic E-state index is 12.2. The van der Waals surface area contributed by atoms with E-state index >= 15 is 0 Å². The van der Waals surface area contributed by atoms with E-state index in [2.05, 4.69) is 5.32 Å². The van der Waals surface area contributed by atoms with E-state index in [-0.39, 0.29) is 5.91 Å². The molecule has 0 saturated heterocycles. The fraction of sp³-hybridized carbons (Fsp3) is 0.500. The predicted octanol–water partition coefficient (Wildman–Crippen LogP) is 0.921. The summed E-state index contributed by atoms with van der Waals surface area (Å²) in [5.74, 6) is 0.158. The van der Waals surface area contributed by atoms with E-state index in [0.717, 1.165) is 38.2 Å². The number of ether oxygens (including phenoxy) is 1. The van der Waals surface area contributed by atoms with Crippen LogP contribution in [0.3, 0.4) is 0 Å². The third-order valence-corrected chi connectivity index (χ3v) is 3.23. The van der Waals surface area contributed by atoms with Crippen molar-refractivity contribution in [1.29, 1.82) is 0 Å². The lowest BCUT2D eigenvalue weighted by atomic mass is 9.99. The van der Waals surface area contributed by atoms with Crippen molar-refractivity contribution in [3.8, 4) is 0 Å². The number of benzene rings is 1. The second kappa shape index (κ2) is 6.52. The number of methoxy groups -OCH3 is 1. The minimum Gasteiger partial charge on any atom is -0.383 e. The van der Waals surface area contributed by atoms with Gasteiger partial charge in [-0.2, -0.15) is 0 Å². The lowest BCUT2D eigenvalue weighted by Gasteiger charge is -2.28. The molecule has 2 rings (SSSR count).